The van der Waals surface area contributed by atoms with Crippen molar-refractivity contribution >= 4 is 0 Å². The average molecular weight is 237 g/mol. The zero-order chi connectivity index (χ0) is 11.9. The molecule has 1 aromatic rings. The molecule has 2 aliphatic rings. The van der Waals surface area contributed by atoms with Crippen molar-refractivity contribution in [3.63, 3.8) is 0 Å². The maximum Gasteiger partial charge on any atom is 0.164 e. The minimum absolute atomic E-state index is 0.181. The number of benzene rings is 1. The lowest BCUT2D eigenvalue weighted by atomic mass is 9.64. The number of halogens is 1. The fourth-order valence-electron chi connectivity index (χ4n) is 2.66. The Labute approximate surface area is 99.7 Å². The van der Waals surface area contributed by atoms with Gasteiger partial charge in [-0.2, -0.15) is 0 Å². The summed E-state index contributed by atoms with van der Waals surface area (Å²) in [5.74, 6) is 0.927. The third-order valence-corrected chi connectivity index (χ3v) is 3.90. The fourth-order valence-corrected chi connectivity index (χ4v) is 2.66. The number of hydrogen-bond donors (Lipinski definition) is 1. The summed E-state index contributed by atoms with van der Waals surface area (Å²) < 4.78 is 24.9. The lowest BCUT2D eigenvalue weighted by molar-refractivity contribution is 0.168. The molecule has 3 rings (SSSR count). The van der Waals surface area contributed by atoms with E-state index < -0.39 is 0 Å². The van der Waals surface area contributed by atoms with Gasteiger partial charge in [-0.05, 0) is 24.5 Å². The first-order chi connectivity index (χ1) is 8.25. The van der Waals surface area contributed by atoms with Gasteiger partial charge in [0.2, 0.25) is 0 Å². The van der Waals surface area contributed by atoms with Gasteiger partial charge in [-0.15, -0.1) is 0 Å². The van der Waals surface area contributed by atoms with Gasteiger partial charge in [0.25, 0.3) is 0 Å². The molecule has 1 heterocycles. The van der Waals surface area contributed by atoms with E-state index in [1.165, 1.54) is 6.07 Å². The average Bonchev–Trinajstić information content (AvgIpc) is 2.29. The van der Waals surface area contributed by atoms with Gasteiger partial charge < -0.3 is 15.2 Å². The van der Waals surface area contributed by atoms with Crippen molar-refractivity contribution in [3.8, 4) is 11.5 Å². The van der Waals surface area contributed by atoms with E-state index >= 15 is 0 Å². The minimum atomic E-state index is -0.223. The van der Waals surface area contributed by atoms with Gasteiger partial charge in [-0.1, -0.05) is 6.42 Å². The highest BCUT2D eigenvalue weighted by Gasteiger charge is 2.40. The molecule has 0 saturated heterocycles. The van der Waals surface area contributed by atoms with Crippen molar-refractivity contribution in [3.05, 3.63) is 23.5 Å². The minimum Gasteiger partial charge on any atom is -0.486 e. The van der Waals surface area contributed by atoms with Crippen LogP contribution in [0, 0.1) is 5.82 Å². The van der Waals surface area contributed by atoms with Crippen LogP contribution >= 0.6 is 0 Å². The third kappa shape index (κ3) is 1.59. The van der Waals surface area contributed by atoms with Crippen molar-refractivity contribution < 1.29 is 13.9 Å². The maximum atomic E-state index is 14.1. The van der Waals surface area contributed by atoms with Crippen molar-refractivity contribution in [2.75, 3.05) is 19.8 Å². The second-order valence-electron chi connectivity index (χ2n) is 4.81. The molecule has 0 atom stereocenters. The first kappa shape index (κ1) is 10.8. The van der Waals surface area contributed by atoms with E-state index in [2.05, 4.69) is 0 Å². The van der Waals surface area contributed by atoms with Crippen LogP contribution in [0.2, 0.25) is 0 Å². The number of fused-ring (bicyclic) bond motifs is 1. The zero-order valence-corrected chi connectivity index (χ0v) is 9.67. The Morgan fingerprint density at radius 1 is 1.18 bits per heavy atom. The summed E-state index contributed by atoms with van der Waals surface area (Å²) >= 11 is 0. The lowest BCUT2D eigenvalue weighted by Gasteiger charge is -2.42. The summed E-state index contributed by atoms with van der Waals surface area (Å²) in [7, 11) is 0. The smallest absolute Gasteiger partial charge is 0.164 e. The predicted molar refractivity (Wildman–Crippen MR) is 62.0 cm³/mol. The van der Waals surface area contributed by atoms with E-state index in [9.17, 15) is 4.39 Å². The van der Waals surface area contributed by atoms with Crippen molar-refractivity contribution in [1.82, 2.24) is 0 Å². The molecule has 0 bridgehead atoms. The van der Waals surface area contributed by atoms with Crippen molar-refractivity contribution in [2.45, 2.75) is 24.7 Å². The molecule has 92 valence electrons. The fraction of sp³-hybridized carbons (Fsp3) is 0.538. The van der Waals surface area contributed by atoms with E-state index in [0.717, 1.165) is 19.3 Å². The molecule has 17 heavy (non-hydrogen) atoms. The van der Waals surface area contributed by atoms with Crippen LogP contribution in [0.3, 0.4) is 0 Å². The third-order valence-electron chi connectivity index (χ3n) is 3.90. The standard InChI is InChI=1S/C13H16FNO2/c14-10-7-12-11(16-4-5-17-12)6-9(10)13(8-15)2-1-3-13/h6-7H,1-5,8,15H2. The molecule has 0 spiro atoms. The van der Waals surface area contributed by atoms with Gasteiger partial charge in [0.05, 0.1) is 0 Å². The molecule has 4 heteroatoms. The molecular weight excluding hydrogens is 221 g/mol. The zero-order valence-electron chi connectivity index (χ0n) is 9.67. The number of nitrogens with two attached hydrogens (primary N) is 1. The van der Waals surface area contributed by atoms with E-state index in [4.69, 9.17) is 15.2 Å². The second-order valence-corrected chi connectivity index (χ2v) is 4.81. The van der Waals surface area contributed by atoms with E-state index in [1.807, 2.05) is 0 Å². The Kier molecular flexibility index (Phi) is 2.47. The Hall–Kier alpha value is -1.29. The molecule has 0 unspecified atom stereocenters. The van der Waals surface area contributed by atoms with Gasteiger partial charge >= 0.3 is 0 Å². The molecule has 1 aliphatic carbocycles. The molecule has 3 nitrogen and oxygen atoms in total. The first-order valence-electron chi connectivity index (χ1n) is 6.05. The van der Waals surface area contributed by atoms with Gasteiger partial charge in [-0.25, -0.2) is 4.39 Å². The largest absolute Gasteiger partial charge is 0.486 e. The van der Waals surface area contributed by atoms with Gasteiger partial charge in [0, 0.05) is 18.0 Å². The highest BCUT2D eigenvalue weighted by molar-refractivity contribution is 5.47. The molecule has 1 fully saturated rings. The van der Waals surface area contributed by atoms with Gasteiger partial charge in [0.15, 0.2) is 11.5 Å². The Balaban J connectivity index is 2.05. The molecule has 1 aliphatic heterocycles. The van der Waals surface area contributed by atoms with Crippen molar-refractivity contribution in [2.24, 2.45) is 5.73 Å². The summed E-state index contributed by atoms with van der Waals surface area (Å²) in [5, 5.41) is 0. The summed E-state index contributed by atoms with van der Waals surface area (Å²) in [6.45, 7) is 1.49. The summed E-state index contributed by atoms with van der Waals surface area (Å²) in [6, 6.07) is 3.20. The molecule has 0 aromatic heterocycles. The van der Waals surface area contributed by atoms with E-state index in [-0.39, 0.29) is 11.2 Å². The van der Waals surface area contributed by atoms with Gasteiger partial charge in [0.1, 0.15) is 19.0 Å². The summed E-state index contributed by atoms with van der Waals surface area (Å²) in [6.07, 6.45) is 3.03. The quantitative estimate of drug-likeness (QED) is 0.855. The predicted octanol–water partition coefficient (Wildman–Crippen LogP) is 1.98. The molecular formula is C13H16FNO2. The van der Waals surface area contributed by atoms with Crippen LogP contribution < -0.4 is 15.2 Å². The van der Waals surface area contributed by atoms with Crippen LogP contribution in [0.5, 0.6) is 11.5 Å². The van der Waals surface area contributed by atoms with Crippen LogP contribution in [0.4, 0.5) is 4.39 Å². The first-order valence-corrected chi connectivity index (χ1v) is 6.05. The van der Waals surface area contributed by atoms with Crippen LogP contribution in [-0.2, 0) is 5.41 Å². The monoisotopic (exact) mass is 237 g/mol. The van der Waals surface area contributed by atoms with Crippen LogP contribution in [0.15, 0.2) is 12.1 Å². The molecule has 0 amide bonds. The molecule has 0 radical (unpaired) electrons. The Morgan fingerprint density at radius 2 is 1.82 bits per heavy atom. The van der Waals surface area contributed by atoms with Gasteiger partial charge in [-0.3, -0.25) is 0 Å². The highest BCUT2D eigenvalue weighted by atomic mass is 19.1. The molecule has 1 saturated carbocycles. The second kappa shape index (κ2) is 3.88. The summed E-state index contributed by atoms with van der Waals surface area (Å²) in [5.41, 5.74) is 6.32. The Bertz CT molecular complexity index is 438. The van der Waals surface area contributed by atoms with Crippen LogP contribution in [0.25, 0.3) is 0 Å². The van der Waals surface area contributed by atoms with E-state index in [1.54, 1.807) is 6.07 Å². The SMILES string of the molecule is NCC1(c2cc3c(cc2F)OCCO3)CCC1. The Morgan fingerprint density at radius 3 is 2.35 bits per heavy atom. The highest BCUT2D eigenvalue weighted by Crippen LogP contribution is 2.46. The summed E-state index contributed by atoms with van der Waals surface area (Å²) in [4.78, 5) is 0. The molecule has 2 N–H and O–H groups in total. The van der Waals surface area contributed by atoms with E-state index in [0.29, 0.717) is 36.8 Å². The number of hydrogen-bond acceptors (Lipinski definition) is 3. The van der Waals surface area contributed by atoms with Crippen LogP contribution in [0.1, 0.15) is 24.8 Å². The number of rotatable bonds is 2. The van der Waals surface area contributed by atoms with Crippen LogP contribution in [-0.4, -0.2) is 19.8 Å². The normalized spacial score (nSPS) is 20.8. The topological polar surface area (TPSA) is 44.5 Å². The molecule has 1 aromatic carbocycles. The maximum absolute atomic E-state index is 14.1. The number of ether oxygens (including phenoxy) is 2. The lowest BCUT2D eigenvalue weighted by Crippen LogP contribution is -2.42. The van der Waals surface area contributed by atoms with Crippen molar-refractivity contribution in [1.29, 1.82) is 0 Å².